The molecule has 0 aromatic carbocycles. The SMILES string of the molecule is COC(O)NCC(C)(C)C(F)(F)F. The topological polar surface area (TPSA) is 41.5 Å². The third-order valence-corrected chi connectivity index (χ3v) is 1.71. The summed E-state index contributed by atoms with van der Waals surface area (Å²) in [5, 5.41) is 11.0. The van der Waals surface area contributed by atoms with E-state index >= 15 is 0 Å². The molecule has 0 amide bonds. The van der Waals surface area contributed by atoms with Crippen molar-refractivity contribution in [3.63, 3.8) is 0 Å². The van der Waals surface area contributed by atoms with Gasteiger partial charge in [-0.3, -0.25) is 5.32 Å². The lowest BCUT2D eigenvalue weighted by Gasteiger charge is -2.28. The van der Waals surface area contributed by atoms with Crippen LogP contribution in [0.2, 0.25) is 0 Å². The van der Waals surface area contributed by atoms with Crippen LogP contribution in [0.25, 0.3) is 0 Å². The fourth-order valence-electron chi connectivity index (χ4n) is 0.526. The predicted octanol–water partition coefficient (Wildman–Crippen LogP) is 1.09. The van der Waals surface area contributed by atoms with Crippen LogP contribution in [-0.4, -0.2) is 31.4 Å². The summed E-state index contributed by atoms with van der Waals surface area (Å²) in [6.07, 6.45) is -5.66. The molecule has 0 aliphatic heterocycles. The molecule has 0 saturated carbocycles. The molecule has 1 atom stereocenters. The second-order valence-electron chi connectivity index (χ2n) is 3.35. The quantitative estimate of drug-likeness (QED) is 0.669. The molecule has 0 spiro atoms. The van der Waals surface area contributed by atoms with Gasteiger partial charge >= 0.3 is 6.18 Å². The largest absolute Gasteiger partial charge is 0.395 e. The summed E-state index contributed by atoms with van der Waals surface area (Å²) in [6, 6.07) is 0. The number of aliphatic hydroxyl groups excluding tert-OH is 1. The van der Waals surface area contributed by atoms with Gasteiger partial charge in [0.15, 0.2) is 0 Å². The first-order chi connectivity index (χ1) is 5.70. The molecule has 0 rings (SSSR count). The van der Waals surface area contributed by atoms with Gasteiger partial charge in [-0.25, -0.2) is 0 Å². The maximum Gasteiger partial charge on any atom is 0.395 e. The van der Waals surface area contributed by atoms with Gasteiger partial charge in [-0.2, -0.15) is 13.2 Å². The predicted molar refractivity (Wildman–Crippen MR) is 40.9 cm³/mol. The summed E-state index contributed by atoms with van der Waals surface area (Å²) in [5.74, 6) is 0. The number of rotatable bonds is 4. The summed E-state index contributed by atoms with van der Waals surface area (Å²) in [7, 11) is 1.19. The molecule has 0 saturated heterocycles. The smallest absolute Gasteiger partial charge is 0.356 e. The minimum Gasteiger partial charge on any atom is -0.356 e. The molecule has 0 fully saturated rings. The lowest BCUT2D eigenvalue weighted by atomic mass is 9.93. The molecule has 3 nitrogen and oxygen atoms in total. The van der Waals surface area contributed by atoms with Crippen LogP contribution in [0.4, 0.5) is 13.2 Å². The molecule has 0 bridgehead atoms. The highest BCUT2D eigenvalue weighted by atomic mass is 19.4. The summed E-state index contributed by atoms with van der Waals surface area (Å²) in [6.45, 7) is 1.69. The maximum atomic E-state index is 12.2. The monoisotopic (exact) mass is 201 g/mol. The van der Waals surface area contributed by atoms with E-state index < -0.39 is 24.6 Å². The molecule has 6 heteroatoms. The van der Waals surface area contributed by atoms with Crippen LogP contribution >= 0.6 is 0 Å². The second-order valence-corrected chi connectivity index (χ2v) is 3.35. The standard InChI is InChI=1S/C7H14F3NO2/c1-6(2,7(8,9)10)4-11-5(12)13-3/h5,11-12H,4H2,1-3H3. The fourth-order valence-corrected chi connectivity index (χ4v) is 0.526. The first kappa shape index (κ1) is 12.7. The molecule has 0 heterocycles. The van der Waals surface area contributed by atoms with Crippen LogP contribution in [0.15, 0.2) is 0 Å². The minimum atomic E-state index is -4.30. The van der Waals surface area contributed by atoms with E-state index in [2.05, 4.69) is 10.1 Å². The third kappa shape index (κ3) is 3.93. The van der Waals surface area contributed by atoms with Crippen molar-refractivity contribution in [2.45, 2.75) is 26.4 Å². The lowest BCUT2D eigenvalue weighted by Crippen LogP contribution is -2.45. The number of hydrogen-bond donors (Lipinski definition) is 2. The Labute approximate surface area is 74.9 Å². The molecule has 80 valence electrons. The Kier molecular flexibility index (Phi) is 4.15. The van der Waals surface area contributed by atoms with Gasteiger partial charge in [-0.15, -0.1) is 0 Å². The average molecular weight is 201 g/mol. The molecule has 0 aliphatic rings. The van der Waals surface area contributed by atoms with Crippen molar-refractivity contribution in [3.05, 3.63) is 0 Å². The zero-order valence-corrected chi connectivity index (χ0v) is 7.77. The van der Waals surface area contributed by atoms with Crippen molar-refractivity contribution in [1.82, 2.24) is 5.32 Å². The molecule has 2 N–H and O–H groups in total. The molecule has 0 aromatic rings. The van der Waals surface area contributed by atoms with Crippen molar-refractivity contribution in [2.24, 2.45) is 5.41 Å². The fraction of sp³-hybridized carbons (Fsp3) is 1.00. The van der Waals surface area contributed by atoms with Gasteiger partial charge in [0.05, 0.1) is 5.41 Å². The number of hydrogen-bond acceptors (Lipinski definition) is 3. The van der Waals surface area contributed by atoms with Gasteiger partial charge in [-0.05, 0) is 13.8 Å². The highest BCUT2D eigenvalue weighted by molar-refractivity contribution is 4.79. The zero-order valence-electron chi connectivity index (χ0n) is 7.77. The lowest BCUT2D eigenvalue weighted by molar-refractivity contribution is -0.215. The molecular weight excluding hydrogens is 187 g/mol. The van der Waals surface area contributed by atoms with Crippen molar-refractivity contribution < 1.29 is 23.0 Å². The van der Waals surface area contributed by atoms with Crippen LogP contribution < -0.4 is 5.32 Å². The van der Waals surface area contributed by atoms with Crippen molar-refractivity contribution in [3.8, 4) is 0 Å². The zero-order chi connectivity index (χ0) is 10.7. The van der Waals surface area contributed by atoms with E-state index in [-0.39, 0.29) is 0 Å². The Balaban J connectivity index is 4.04. The number of halogens is 3. The van der Waals surface area contributed by atoms with E-state index in [1.807, 2.05) is 0 Å². The van der Waals surface area contributed by atoms with Crippen molar-refractivity contribution >= 4 is 0 Å². The number of ether oxygens (including phenoxy) is 1. The number of methoxy groups -OCH3 is 1. The van der Waals surface area contributed by atoms with E-state index in [4.69, 9.17) is 5.11 Å². The second kappa shape index (κ2) is 4.26. The van der Waals surface area contributed by atoms with Gasteiger partial charge in [0.25, 0.3) is 0 Å². The summed E-state index contributed by atoms with van der Waals surface area (Å²) in [4.78, 5) is 0. The van der Waals surface area contributed by atoms with Crippen LogP contribution in [-0.2, 0) is 4.74 Å². The van der Waals surface area contributed by atoms with Crippen LogP contribution in [0.3, 0.4) is 0 Å². The summed E-state index contributed by atoms with van der Waals surface area (Å²) < 4.78 is 41.0. The molecule has 0 aliphatic carbocycles. The molecule has 1 unspecified atom stereocenters. The van der Waals surface area contributed by atoms with Gasteiger partial charge in [-0.1, -0.05) is 0 Å². The Bertz CT molecular complexity index is 158. The van der Waals surface area contributed by atoms with Crippen molar-refractivity contribution in [1.29, 1.82) is 0 Å². The van der Waals surface area contributed by atoms with Crippen molar-refractivity contribution in [2.75, 3.05) is 13.7 Å². The Morgan fingerprint density at radius 2 is 1.85 bits per heavy atom. The average Bonchev–Trinajstić information content (AvgIpc) is 1.98. The van der Waals surface area contributed by atoms with E-state index in [0.717, 1.165) is 13.8 Å². The first-order valence-corrected chi connectivity index (χ1v) is 3.71. The normalized spacial score (nSPS) is 15.9. The Morgan fingerprint density at radius 3 is 2.15 bits per heavy atom. The first-order valence-electron chi connectivity index (χ1n) is 3.71. The Hall–Kier alpha value is -0.330. The van der Waals surface area contributed by atoms with E-state index in [1.165, 1.54) is 7.11 Å². The van der Waals surface area contributed by atoms with Gasteiger partial charge < -0.3 is 9.84 Å². The Morgan fingerprint density at radius 1 is 1.38 bits per heavy atom. The molecule has 13 heavy (non-hydrogen) atoms. The summed E-state index contributed by atoms with van der Waals surface area (Å²) in [5.41, 5.74) is -1.88. The van der Waals surface area contributed by atoms with E-state index in [1.54, 1.807) is 0 Å². The van der Waals surface area contributed by atoms with E-state index in [9.17, 15) is 13.2 Å². The third-order valence-electron chi connectivity index (χ3n) is 1.71. The van der Waals surface area contributed by atoms with Gasteiger partial charge in [0, 0.05) is 13.7 Å². The van der Waals surface area contributed by atoms with Crippen LogP contribution in [0, 0.1) is 5.41 Å². The highest BCUT2D eigenvalue weighted by Crippen LogP contribution is 2.36. The van der Waals surface area contributed by atoms with Crippen LogP contribution in [0.5, 0.6) is 0 Å². The maximum absolute atomic E-state index is 12.2. The molecule has 0 radical (unpaired) electrons. The molecular formula is C7H14F3NO2. The van der Waals surface area contributed by atoms with E-state index in [0.29, 0.717) is 0 Å². The van der Waals surface area contributed by atoms with Crippen LogP contribution in [0.1, 0.15) is 13.8 Å². The van der Waals surface area contributed by atoms with Gasteiger partial charge in [0.1, 0.15) is 0 Å². The molecule has 0 aromatic heterocycles. The number of aliphatic hydroxyl groups is 1. The highest BCUT2D eigenvalue weighted by Gasteiger charge is 2.47. The summed E-state index contributed by atoms with van der Waals surface area (Å²) >= 11 is 0. The number of nitrogens with one attached hydrogen (secondary N) is 1. The van der Waals surface area contributed by atoms with Gasteiger partial charge in [0.2, 0.25) is 6.41 Å². The minimum absolute atomic E-state index is 0.397. The number of alkyl halides is 3.